The van der Waals surface area contributed by atoms with Crippen LogP contribution in [0.1, 0.15) is 41.9 Å². The van der Waals surface area contributed by atoms with Crippen LogP contribution in [0, 0.1) is 5.41 Å². The lowest BCUT2D eigenvalue weighted by molar-refractivity contribution is -0.113. The minimum absolute atomic E-state index is 0.00877. The molecule has 1 aliphatic rings. The van der Waals surface area contributed by atoms with Crippen molar-refractivity contribution in [2.75, 3.05) is 27.2 Å². The maximum atomic E-state index is 12.9. The summed E-state index contributed by atoms with van der Waals surface area (Å²) in [4.78, 5) is 31.3. The van der Waals surface area contributed by atoms with Crippen LogP contribution in [0.3, 0.4) is 0 Å². The van der Waals surface area contributed by atoms with E-state index >= 15 is 0 Å². The van der Waals surface area contributed by atoms with Gasteiger partial charge in [-0.3, -0.25) is 14.3 Å². The zero-order valence-electron chi connectivity index (χ0n) is 23.4. The van der Waals surface area contributed by atoms with Crippen molar-refractivity contribution in [3.63, 3.8) is 0 Å². The van der Waals surface area contributed by atoms with Crippen LogP contribution in [0.4, 0.5) is 0 Å². The lowest BCUT2D eigenvalue weighted by Gasteiger charge is -2.28. The van der Waals surface area contributed by atoms with Gasteiger partial charge in [-0.2, -0.15) is 5.10 Å². The molecule has 8 nitrogen and oxygen atoms in total. The predicted molar refractivity (Wildman–Crippen MR) is 157 cm³/mol. The van der Waals surface area contributed by atoms with E-state index in [1.54, 1.807) is 29.2 Å². The lowest BCUT2D eigenvalue weighted by Crippen LogP contribution is -2.33. The first-order valence-electron chi connectivity index (χ1n) is 13.4. The number of aromatic amines is 1. The zero-order chi connectivity index (χ0) is 28.3. The van der Waals surface area contributed by atoms with Gasteiger partial charge in [-0.25, -0.2) is 0 Å². The van der Waals surface area contributed by atoms with Gasteiger partial charge in [-0.05, 0) is 50.0 Å². The SMILES string of the molecule is CN(C)CC(C)(C)COc1ccc2[nH]c(C3=CC(NC(=O)c4cnn(Cc5ccccc5)c4)=CCC3=O)cc2c1. The van der Waals surface area contributed by atoms with Crippen LogP contribution in [0.2, 0.25) is 0 Å². The average molecular weight is 538 g/mol. The van der Waals surface area contributed by atoms with Crippen molar-refractivity contribution in [3.8, 4) is 5.75 Å². The fourth-order valence-electron chi connectivity index (χ4n) is 4.99. The van der Waals surface area contributed by atoms with Crippen molar-refractivity contribution in [1.82, 2.24) is 25.0 Å². The Morgan fingerprint density at radius 3 is 2.73 bits per heavy atom. The first-order valence-corrected chi connectivity index (χ1v) is 13.4. The lowest BCUT2D eigenvalue weighted by atomic mass is 9.94. The highest BCUT2D eigenvalue weighted by Crippen LogP contribution is 2.29. The topological polar surface area (TPSA) is 92.2 Å². The number of carbonyl (C=O) groups is 2. The van der Waals surface area contributed by atoms with Gasteiger partial charge in [0.2, 0.25) is 0 Å². The molecule has 0 saturated heterocycles. The smallest absolute Gasteiger partial charge is 0.258 e. The number of fused-ring (bicyclic) bond motifs is 1. The number of Topliss-reactive ketones (excluding diaryl/α,β-unsaturated/α-hetero) is 1. The Morgan fingerprint density at radius 2 is 1.95 bits per heavy atom. The van der Waals surface area contributed by atoms with E-state index in [-0.39, 0.29) is 23.5 Å². The monoisotopic (exact) mass is 537 g/mol. The van der Waals surface area contributed by atoms with Crippen LogP contribution in [0.15, 0.2) is 84.8 Å². The molecular weight excluding hydrogens is 502 g/mol. The Labute approximate surface area is 234 Å². The summed E-state index contributed by atoms with van der Waals surface area (Å²) < 4.78 is 7.84. The number of hydrogen-bond donors (Lipinski definition) is 2. The van der Waals surface area contributed by atoms with Crippen LogP contribution in [-0.4, -0.2) is 58.6 Å². The number of nitrogens with one attached hydrogen (secondary N) is 2. The highest BCUT2D eigenvalue weighted by Gasteiger charge is 2.22. The van der Waals surface area contributed by atoms with Gasteiger partial charge in [0.15, 0.2) is 5.78 Å². The van der Waals surface area contributed by atoms with Gasteiger partial charge in [0.1, 0.15) is 5.75 Å². The molecule has 0 atom stereocenters. The summed E-state index contributed by atoms with van der Waals surface area (Å²) in [5.41, 5.74) is 4.30. The number of H-pyrrole nitrogens is 1. The third-order valence-electron chi connectivity index (χ3n) is 6.70. The summed E-state index contributed by atoms with van der Waals surface area (Å²) >= 11 is 0. The van der Waals surface area contributed by atoms with E-state index in [0.29, 0.717) is 35.7 Å². The van der Waals surface area contributed by atoms with Crippen LogP contribution >= 0.6 is 0 Å². The van der Waals surface area contributed by atoms with Crippen LogP contribution in [-0.2, 0) is 11.3 Å². The maximum absolute atomic E-state index is 12.9. The van der Waals surface area contributed by atoms with Crippen molar-refractivity contribution in [1.29, 1.82) is 0 Å². The maximum Gasteiger partial charge on any atom is 0.258 e. The van der Waals surface area contributed by atoms with Crippen molar-refractivity contribution < 1.29 is 14.3 Å². The molecule has 1 aliphatic carbocycles. The molecule has 2 aromatic heterocycles. The van der Waals surface area contributed by atoms with Gasteiger partial charge in [-0.1, -0.05) is 50.3 Å². The minimum Gasteiger partial charge on any atom is -0.493 e. The Kier molecular flexibility index (Phi) is 7.71. The number of ketones is 1. The molecule has 0 aliphatic heterocycles. The van der Waals surface area contributed by atoms with Gasteiger partial charge in [0.25, 0.3) is 5.91 Å². The van der Waals surface area contributed by atoms with Gasteiger partial charge >= 0.3 is 0 Å². The number of ether oxygens (including phenoxy) is 1. The van der Waals surface area contributed by atoms with Gasteiger partial charge in [0, 0.05) is 46.8 Å². The van der Waals surface area contributed by atoms with Gasteiger partial charge < -0.3 is 19.9 Å². The molecule has 2 heterocycles. The highest BCUT2D eigenvalue weighted by atomic mass is 16.5. The quantitative estimate of drug-likeness (QED) is 0.295. The Bertz CT molecular complexity index is 1590. The van der Waals surface area contributed by atoms with Crippen molar-refractivity contribution in [2.24, 2.45) is 5.41 Å². The number of rotatable bonds is 10. The van der Waals surface area contributed by atoms with E-state index < -0.39 is 0 Å². The zero-order valence-corrected chi connectivity index (χ0v) is 23.4. The van der Waals surface area contributed by atoms with Gasteiger partial charge in [0.05, 0.1) is 30.6 Å². The number of carbonyl (C=O) groups excluding carboxylic acids is 2. The number of amides is 1. The highest BCUT2D eigenvalue weighted by molar-refractivity contribution is 6.23. The van der Waals surface area contributed by atoms with E-state index in [1.165, 1.54) is 0 Å². The van der Waals surface area contributed by atoms with E-state index in [4.69, 9.17) is 4.74 Å². The number of nitrogens with zero attached hydrogens (tertiary/aromatic N) is 3. The average Bonchev–Trinajstić information content (AvgIpc) is 3.55. The molecule has 40 heavy (non-hydrogen) atoms. The van der Waals surface area contributed by atoms with E-state index in [2.05, 4.69) is 48.2 Å². The second kappa shape index (κ2) is 11.4. The van der Waals surface area contributed by atoms with Crippen LogP contribution in [0.5, 0.6) is 5.75 Å². The largest absolute Gasteiger partial charge is 0.493 e. The van der Waals surface area contributed by atoms with E-state index in [9.17, 15) is 9.59 Å². The Morgan fingerprint density at radius 1 is 1.15 bits per heavy atom. The number of aromatic nitrogens is 3. The molecule has 4 aromatic rings. The van der Waals surface area contributed by atoms with Crippen LogP contribution < -0.4 is 10.1 Å². The van der Waals surface area contributed by atoms with E-state index in [1.807, 2.05) is 54.6 Å². The molecule has 5 rings (SSSR count). The summed E-state index contributed by atoms with van der Waals surface area (Å²) in [7, 11) is 4.12. The fraction of sp³-hybridized carbons (Fsp3) is 0.281. The summed E-state index contributed by atoms with van der Waals surface area (Å²) in [5, 5.41) is 8.20. The molecule has 2 aromatic carbocycles. The summed E-state index contributed by atoms with van der Waals surface area (Å²) in [5.74, 6) is 0.503. The van der Waals surface area contributed by atoms with Crippen molar-refractivity contribution in [2.45, 2.75) is 26.8 Å². The molecule has 0 spiro atoms. The van der Waals surface area contributed by atoms with Crippen LogP contribution in [0.25, 0.3) is 16.5 Å². The summed E-state index contributed by atoms with van der Waals surface area (Å²) in [6.07, 6.45) is 6.95. The van der Waals surface area contributed by atoms with Crippen molar-refractivity contribution >= 4 is 28.2 Å². The second-order valence-electron chi connectivity index (χ2n) is 11.3. The summed E-state index contributed by atoms with van der Waals surface area (Å²) in [6, 6.07) is 17.8. The normalized spacial score (nSPS) is 13.9. The molecule has 8 heteroatoms. The standard InChI is InChI=1S/C32H35N5O3/c1-32(2,20-36(3)4)21-40-26-11-12-28-23(14-26)15-29(35-28)27-16-25(10-13-30(27)38)34-31(39)24-17-33-37(19-24)18-22-8-6-5-7-9-22/h5-12,14-17,19,35H,13,18,20-21H2,1-4H3,(H,34,39). The first kappa shape index (κ1) is 27.1. The van der Waals surface area contributed by atoms with E-state index in [0.717, 1.165) is 28.8 Å². The fourth-order valence-corrected chi connectivity index (χ4v) is 4.99. The molecule has 0 bridgehead atoms. The number of benzene rings is 2. The minimum atomic E-state index is -0.272. The first-order chi connectivity index (χ1) is 19.1. The molecule has 206 valence electrons. The molecule has 0 radical (unpaired) electrons. The predicted octanol–water partition coefficient (Wildman–Crippen LogP) is 5.05. The third kappa shape index (κ3) is 6.58. The summed E-state index contributed by atoms with van der Waals surface area (Å²) in [6.45, 7) is 6.46. The second-order valence-corrected chi connectivity index (χ2v) is 11.3. The van der Waals surface area contributed by atoms with Gasteiger partial charge in [-0.15, -0.1) is 0 Å². The molecular formula is C32H35N5O3. The van der Waals surface area contributed by atoms with Crippen molar-refractivity contribution in [3.05, 3.63) is 102 Å². The number of allylic oxidation sites excluding steroid dienone is 3. The molecule has 2 N–H and O–H groups in total. The molecule has 0 unspecified atom stereocenters. The third-order valence-corrected chi connectivity index (χ3v) is 6.70. The number of hydrogen-bond acceptors (Lipinski definition) is 5. The Hall–Kier alpha value is -4.43. The molecule has 0 saturated carbocycles. The Balaban J connectivity index is 1.27. The molecule has 0 fully saturated rings. The molecule has 1 amide bonds.